The van der Waals surface area contributed by atoms with Crippen LogP contribution in [0.15, 0.2) is 42.5 Å². The molecule has 0 aromatic heterocycles. The number of piperidine rings is 1. The van der Waals surface area contributed by atoms with Gasteiger partial charge in [0.1, 0.15) is 6.10 Å². The van der Waals surface area contributed by atoms with Gasteiger partial charge in [0.25, 0.3) is 0 Å². The molecule has 5 aliphatic rings. The van der Waals surface area contributed by atoms with E-state index in [0.717, 1.165) is 43.0 Å². The molecular weight excluding hydrogens is 430 g/mol. The quantitative estimate of drug-likeness (QED) is 0.538. The number of carbonyl (C=O) groups is 1. The first kappa shape index (κ1) is 20.9. The van der Waals surface area contributed by atoms with E-state index in [9.17, 15) is 15.0 Å². The summed E-state index contributed by atoms with van der Waals surface area (Å²) >= 11 is 0. The highest BCUT2D eigenvalue weighted by molar-refractivity contribution is 5.91. The molecule has 34 heavy (non-hydrogen) atoms. The number of likely N-dealkylation sites (tertiary alicyclic amines) is 1. The maximum absolute atomic E-state index is 12.8. The van der Waals surface area contributed by atoms with Gasteiger partial charge in [-0.25, -0.2) is 4.79 Å². The number of carbonyl (C=O) groups excluding carboxylic acids is 1. The molecule has 178 valence electrons. The van der Waals surface area contributed by atoms with Crippen molar-refractivity contribution in [3.8, 4) is 11.5 Å². The molecule has 2 aromatic rings. The zero-order valence-corrected chi connectivity index (χ0v) is 19.3. The monoisotopic (exact) mass is 461 g/mol. The van der Waals surface area contributed by atoms with E-state index in [4.69, 9.17) is 9.47 Å². The van der Waals surface area contributed by atoms with Crippen LogP contribution in [0.2, 0.25) is 0 Å². The summed E-state index contributed by atoms with van der Waals surface area (Å²) < 4.78 is 12.3. The Kier molecular flexibility index (Phi) is 4.49. The lowest BCUT2D eigenvalue weighted by Crippen LogP contribution is -2.77. The highest BCUT2D eigenvalue weighted by Gasteiger charge is 2.73. The molecule has 0 radical (unpaired) electrons. The van der Waals surface area contributed by atoms with Gasteiger partial charge in [-0.1, -0.05) is 30.7 Å². The summed E-state index contributed by atoms with van der Waals surface area (Å²) in [5.41, 5.74) is 0.973. The molecule has 1 saturated heterocycles. The van der Waals surface area contributed by atoms with E-state index >= 15 is 0 Å². The first-order valence-electron chi connectivity index (χ1n) is 12.8. The summed E-state index contributed by atoms with van der Waals surface area (Å²) in [6.07, 6.45) is 5.28. The topological polar surface area (TPSA) is 79.2 Å². The van der Waals surface area contributed by atoms with E-state index in [-0.39, 0.29) is 6.04 Å². The van der Waals surface area contributed by atoms with Gasteiger partial charge < -0.3 is 19.7 Å². The van der Waals surface area contributed by atoms with E-state index in [1.54, 1.807) is 24.3 Å². The number of esters is 1. The van der Waals surface area contributed by atoms with Crippen LogP contribution in [0.4, 0.5) is 0 Å². The van der Waals surface area contributed by atoms with Crippen molar-refractivity contribution >= 4 is 5.97 Å². The summed E-state index contributed by atoms with van der Waals surface area (Å²) in [5, 5.41) is 23.5. The standard InChI is InChI=1S/C28H31NO5/c30-20-11-12-28(32)22-15-19-9-10-21(33-26(31)18-7-2-1-3-8-18)24-23(19)27(28,25(20)34-24)13-14-29(22)16-17-5-4-6-17/h1-3,7-10,17,20,22,25,30,32H,4-6,11-16H2/t20-,22+,25-,27-,28+/m0/s1. The molecule has 7 rings (SSSR count). The zero-order chi connectivity index (χ0) is 23.1. The van der Waals surface area contributed by atoms with Crippen molar-refractivity contribution < 1.29 is 24.5 Å². The fraction of sp³-hybridized carbons (Fsp3) is 0.536. The molecule has 5 atom stereocenters. The highest BCUT2D eigenvalue weighted by Crippen LogP contribution is 2.65. The molecule has 2 aromatic carbocycles. The number of nitrogens with zero attached hydrogens (tertiary/aromatic N) is 1. The third-order valence-corrected chi connectivity index (χ3v) is 9.46. The normalized spacial score (nSPS) is 35.8. The van der Waals surface area contributed by atoms with E-state index < -0.39 is 29.2 Å². The van der Waals surface area contributed by atoms with Crippen molar-refractivity contribution in [3.63, 3.8) is 0 Å². The molecule has 2 aliphatic heterocycles. The van der Waals surface area contributed by atoms with Gasteiger partial charge in [-0.2, -0.15) is 0 Å². The summed E-state index contributed by atoms with van der Waals surface area (Å²) in [7, 11) is 0. The van der Waals surface area contributed by atoms with E-state index in [1.165, 1.54) is 19.3 Å². The molecule has 2 saturated carbocycles. The molecule has 2 heterocycles. The van der Waals surface area contributed by atoms with Crippen LogP contribution in [0.3, 0.4) is 0 Å². The van der Waals surface area contributed by atoms with Crippen LogP contribution in [0, 0.1) is 5.92 Å². The summed E-state index contributed by atoms with van der Waals surface area (Å²) in [4.78, 5) is 15.3. The van der Waals surface area contributed by atoms with Crippen molar-refractivity contribution in [2.75, 3.05) is 13.1 Å². The van der Waals surface area contributed by atoms with Crippen molar-refractivity contribution in [2.45, 2.75) is 74.2 Å². The Morgan fingerprint density at radius 3 is 2.71 bits per heavy atom. The number of hydrogen-bond acceptors (Lipinski definition) is 6. The Balaban J connectivity index is 1.31. The second-order valence-corrected chi connectivity index (χ2v) is 11.0. The number of aliphatic hydroxyl groups excluding tert-OH is 1. The number of hydrogen-bond donors (Lipinski definition) is 2. The first-order chi connectivity index (χ1) is 16.5. The minimum absolute atomic E-state index is 0.0246. The predicted octanol–water partition coefficient (Wildman–Crippen LogP) is 3.22. The van der Waals surface area contributed by atoms with Gasteiger partial charge in [-0.15, -0.1) is 0 Å². The van der Waals surface area contributed by atoms with Gasteiger partial charge in [0, 0.05) is 18.2 Å². The predicted molar refractivity (Wildman–Crippen MR) is 125 cm³/mol. The van der Waals surface area contributed by atoms with Crippen LogP contribution in [-0.2, 0) is 11.8 Å². The molecule has 1 spiro atoms. The summed E-state index contributed by atoms with van der Waals surface area (Å²) in [6.45, 7) is 1.94. The van der Waals surface area contributed by atoms with Gasteiger partial charge in [-0.05, 0) is 74.8 Å². The third kappa shape index (κ3) is 2.65. The van der Waals surface area contributed by atoms with Crippen molar-refractivity contribution in [3.05, 3.63) is 59.2 Å². The van der Waals surface area contributed by atoms with Crippen molar-refractivity contribution in [1.29, 1.82) is 0 Å². The van der Waals surface area contributed by atoms with Crippen LogP contribution in [0.1, 0.15) is 60.0 Å². The second-order valence-electron chi connectivity index (χ2n) is 11.0. The number of benzene rings is 2. The largest absolute Gasteiger partial charge is 0.482 e. The van der Waals surface area contributed by atoms with E-state index in [0.29, 0.717) is 29.9 Å². The van der Waals surface area contributed by atoms with E-state index in [1.807, 2.05) is 18.2 Å². The summed E-state index contributed by atoms with van der Waals surface area (Å²) in [5.74, 6) is 1.21. The lowest BCUT2D eigenvalue weighted by Gasteiger charge is -2.64. The minimum atomic E-state index is -0.959. The molecule has 2 N–H and O–H groups in total. The SMILES string of the molecule is O=C(Oc1ccc2c3c1O[C@H]1[C@@H](O)CC[C@@]4(O)[C@@H](C2)N(CC2CCC2)CC[C@]314)c1ccccc1. The van der Waals surface area contributed by atoms with Gasteiger partial charge in [-0.3, -0.25) is 4.90 Å². The second kappa shape index (κ2) is 7.30. The first-order valence-corrected chi connectivity index (χ1v) is 12.8. The summed E-state index contributed by atoms with van der Waals surface area (Å²) in [6, 6.07) is 12.8. The fourth-order valence-electron chi connectivity index (χ4n) is 7.63. The highest BCUT2D eigenvalue weighted by atomic mass is 16.6. The van der Waals surface area contributed by atoms with Gasteiger partial charge in [0.2, 0.25) is 0 Å². The smallest absolute Gasteiger partial charge is 0.343 e. The average molecular weight is 462 g/mol. The number of aliphatic hydroxyl groups is 2. The Bertz CT molecular complexity index is 1150. The molecule has 6 heteroatoms. The Labute approximate surface area is 199 Å². The van der Waals surface area contributed by atoms with Gasteiger partial charge in [0.05, 0.1) is 22.7 Å². The molecule has 0 unspecified atom stereocenters. The number of ether oxygens (including phenoxy) is 2. The Morgan fingerprint density at radius 2 is 1.94 bits per heavy atom. The molecule has 6 nitrogen and oxygen atoms in total. The third-order valence-electron chi connectivity index (χ3n) is 9.46. The van der Waals surface area contributed by atoms with Crippen LogP contribution in [0.5, 0.6) is 11.5 Å². The Morgan fingerprint density at radius 1 is 1.12 bits per heavy atom. The lowest BCUT2D eigenvalue weighted by molar-refractivity contribution is -0.209. The lowest BCUT2D eigenvalue weighted by atomic mass is 9.48. The zero-order valence-electron chi connectivity index (χ0n) is 19.3. The van der Waals surface area contributed by atoms with E-state index in [2.05, 4.69) is 4.90 Å². The fourth-order valence-corrected chi connectivity index (χ4v) is 7.63. The molecule has 3 fully saturated rings. The van der Waals surface area contributed by atoms with Crippen LogP contribution < -0.4 is 9.47 Å². The van der Waals surface area contributed by atoms with Crippen molar-refractivity contribution in [1.82, 2.24) is 4.90 Å². The van der Waals surface area contributed by atoms with Gasteiger partial charge in [0.15, 0.2) is 11.5 Å². The van der Waals surface area contributed by atoms with Crippen LogP contribution in [0.25, 0.3) is 0 Å². The molecular formula is C28H31NO5. The maximum atomic E-state index is 12.8. The molecule has 3 aliphatic carbocycles. The maximum Gasteiger partial charge on any atom is 0.343 e. The van der Waals surface area contributed by atoms with Crippen molar-refractivity contribution in [2.24, 2.45) is 5.92 Å². The average Bonchev–Trinajstić information content (AvgIpc) is 3.17. The van der Waals surface area contributed by atoms with Crippen LogP contribution >= 0.6 is 0 Å². The van der Waals surface area contributed by atoms with Gasteiger partial charge >= 0.3 is 5.97 Å². The molecule has 0 amide bonds. The number of rotatable bonds is 4. The Hall–Kier alpha value is -2.41. The van der Waals surface area contributed by atoms with Crippen LogP contribution in [-0.4, -0.2) is 58.0 Å². The minimum Gasteiger partial charge on any atom is -0.482 e. The molecule has 2 bridgehead atoms.